The molecule has 160 valence electrons. The summed E-state index contributed by atoms with van der Waals surface area (Å²) in [6.45, 7) is 8.86. The zero-order valence-corrected chi connectivity index (χ0v) is 18.8. The van der Waals surface area contributed by atoms with Gasteiger partial charge in [-0.3, -0.25) is 9.89 Å². The molecular formula is C22H26ClN3O3S. The molecule has 3 heterocycles. The second kappa shape index (κ2) is 10.0. The fraction of sp³-hybridized carbons (Fsp3) is 0.455. The van der Waals surface area contributed by atoms with Crippen LogP contribution in [0.1, 0.15) is 20.3 Å². The molecule has 0 N–H and O–H groups in total. The minimum absolute atomic E-state index is 0.0437. The van der Waals surface area contributed by atoms with Gasteiger partial charge in [0.15, 0.2) is 0 Å². The van der Waals surface area contributed by atoms with Gasteiger partial charge < -0.3 is 14.2 Å². The van der Waals surface area contributed by atoms with Gasteiger partial charge in [0, 0.05) is 43.7 Å². The van der Waals surface area contributed by atoms with E-state index in [4.69, 9.17) is 30.8 Å². The quantitative estimate of drug-likeness (QED) is 0.608. The highest BCUT2D eigenvalue weighted by Gasteiger charge is 2.17. The predicted molar refractivity (Wildman–Crippen MR) is 122 cm³/mol. The van der Waals surface area contributed by atoms with E-state index in [1.54, 1.807) is 0 Å². The van der Waals surface area contributed by atoms with Gasteiger partial charge in [0.05, 0.1) is 29.9 Å². The second-order valence-corrected chi connectivity index (χ2v) is 8.89. The number of pyridine rings is 1. The standard InChI is InChI=1S/C22H26ClN3O3S/c1-15(2)29-18-14-20(30-19-4-3-7-24-19)25-22-16(18)5-6-17(21(22)23)28-13-10-26-8-11-27-12-9-26/h3,5-7,14-15H,4,8-13H2,1-2H3. The van der Waals surface area contributed by atoms with Gasteiger partial charge >= 0.3 is 0 Å². The molecule has 8 heteroatoms. The van der Waals surface area contributed by atoms with Gasteiger partial charge in [-0.15, -0.1) is 0 Å². The smallest absolute Gasteiger partial charge is 0.140 e. The van der Waals surface area contributed by atoms with Crippen molar-refractivity contribution >= 4 is 39.3 Å². The highest BCUT2D eigenvalue weighted by Crippen LogP contribution is 2.39. The second-order valence-electron chi connectivity index (χ2n) is 7.42. The first-order valence-corrected chi connectivity index (χ1v) is 11.4. The van der Waals surface area contributed by atoms with E-state index in [1.807, 2.05) is 44.3 Å². The van der Waals surface area contributed by atoms with E-state index < -0.39 is 0 Å². The first-order valence-electron chi connectivity index (χ1n) is 10.2. The number of morpholine rings is 1. The van der Waals surface area contributed by atoms with E-state index >= 15 is 0 Å². The van der Waals surface area contributed by atoms with E-state index in [9.17, 15) is 0 Å². The summed E-state index contributed by atoms with van der Waals surface area (Å²) in [5, 5.41) is 3.21. The number of nitrogens with zero attached hydrogens (tertiary/aromatic N) is 3. The molecule has 2 aliphatic heterocycles. The molecule has 0 radical (unpaired) electrons. The van der Waals surface area contributed by atoms with Gasteiger partial charge in [-0.1, -0.05) is 29.4 Å². The Labute approximate surface area is 186 Å². The molecule has 2 aromatic rings. The zero-order chi connectivity index (χ0) is 20.9. The van der Waals surface area contributed by atoms with Crippen LogP contribution in [0.4, 0.5) is 0 Å². The van der Waals surface area contributed by atoms with Crippen molar-refractivity contribution in [1.29, 1.82) is 0 Å². The van der Waals surface area contributed by atoms with E-state index in [0.717, 1.165) is 60.5 Å². The first kappa shape index (κ1) is 21.4. The SMILES string of the molecule is CC(C)Oc1cc(SC2=NC=CC2)nc2c(Cl)c(OCCN3CCOCC3)ccc12. The molecule has 30 heavy (non-hydrogen) atoms. The van der Waals surface area contributed by atoms with Crippen LogP contribution < -0.4 is 9.47 Å². The normalized spacial score (nSPS) is 17.0. The summed E-state index contributed by atoms with van der Waals surface area (Å²) in [5.41, 5.74) is 0.688. The number of hydrogen-bond donors (Lipinski definition) is 0. The van der Waals surface area contributed by atoms with Crippen molar-refractivity contribution in [3.63, 3.8) is 0 Å². The van der Waals surface area contributed by atoms with Gasteiger partial charge in [0.25, 0.3) is 0 Å². The number of thioether (sulfide) groups is 1. The fourth-order valence-corrected chi connectivity index (χ4v) is 4.44. The van der Waals surface area contributed by atoms with Crippen LogP contribution in [0.3, 0.4) is 0 Å². The molecule has 0 saturated carbocycles. The largest absolute Gasteiger partial charge is 0.491 e. The Morgan fingerprint density at radius 3 is 2.80 bits per heavy atom. The van der Waals surface area contributed by atoms with Gasteiger partial charge in [0.1, 0.15) is 28.2 Å². The maximum Gasteiger partial charge on any atom is 0.140 e. The Bertz CT molecular complexity index is 958. The van der Waals surface area contributed by atoms with Crippen molar-refractivity contribution < 1.29 is 14.2 Å². The predicted octanol–water partition coefficient (Wildman–Crippen LogP) is 4.79. The Morgan fingerprint density at radius 1 is 1.23 bits per heavy atom. The van der Waals surface area contributed by atoms with Crippen LogP contribution in [0, 0.1) is 0 Å². The Balaban J connectivity index is 1.57. The molecule has 4 rings (SSSR count). The molecule has 0 spiro atoms. The van der Waals surface area contributed by atoms with Gasteiger partial charge in [-0.25, -0.2) is 4.98 Å². The van der Waals surface area contributed by atoms with Crippen molar-refractivity contribution in [2.45, 2.75) is 31.4 Å². The monoisotopic (exact) mass is 447 g/mol. The van der Waals surface area contributed by atoms with Gasteiger partial charge in [-0.2, -0.15) is 0 Å². The first-order chi connectivity index (χ1) is 14.6. The van der Waals surface area contributed by atoms with Crippen molar-refractivity contribution in [3.8, 4) is 11.5 Å². The van der Waals surface area contributed by atoms with E-state index in [1.165, 1.54) is 11.8 Å². The average Bonchev–Trinajstić information content (AvgIpc) is 3.23. The number of aromatic nitrogens is 1. The van der Waals surface area contributed by atoms with Crippen LogP contribution in [0.2, 0.25) is 5.02 Å². The molecule has 1 aromatic carbocycles. The lowest BCUT2D eigenvalue weighted by atomic mass is 10.2. The summed E-state index contributed by atoms with van der Waals surface area (Å²) >= 11 is 8.27. The molecule has 0 unspecified atom stereocenters. The molecular weight excluding hydrogens is 422 g/mol. The molecule has 0 amide bonds. The lowest BCUT2D eigenvalue weighted by molar-refractivity contribution is 0.0322. The molecule has 6 nitrogen and oxygen atoms in total. The number of aliphatic imine (C=N–C) groups is 1. The van der Waals surface area contributed by atoms with Crippen molar-refractivity contribution in [2.24, 2.45) is 4.99 Å². The van der Waals surface area contributed by atoms with Crippen molar-refractivity contribution in [2.75, 3.05) is 39.5 Å². The summed E-state index contributed by atoms with van der Waals surface area (Å²) in [4.78, 5) is 11.5. The van der Waals surface area contributed by atoms with E-state index in [0.29, 0.717) is 22.9 Å². The molecule has 0 aliphatic carbocycles. The summed E-state index contributed by atoms with van der Waals surface area (Å²) in [5.74, 6) is 1.41. The van der Waals surface area contributed by atoms with Gasteiger partial charge in [0.2, 0.25) is 0 Å². The summed E-state index contributed by atoms with van der Waals surface area (Å²) in [6, 6.07) is 5.83. The Kier molecular flexibility index (Phi) is 7.15. The van der Waals surface area contributed by atoms with E-state index in [-0.39, 0.29) is 6.10 Å². The molecule has 2 aliphatic rings. The summed E-state index contributed by atoms with van der Waals surface area (Å²) < 4.78 is 17.5. The number of ether oxygens (including phenoxy) is 3. The van der Waals surface area contributed by atoms with Crippen LogP contribution in [0.15, 0.2) is 40.5 Å². The highest BCUT2D eigenvalue weighted by molar-refractivity contribution is 8.13. The fourth-order valence-electron chi connectivity index (χ4n) is 3.34. The lowest BCUT2D eigenvalue weighted by Gasteiger charge is -2.26. The number of fused-ring (bicyclic) bond motifs is 1. The molecule has 1 saturated heterocycles. The number of hydrogen-bond acceptors (Lipinski definition) is 7. The molecule has 1 fully saturated rings. The molecule has 1 aromatic heterocycles. The Morgan fingerprint density at radius 2 is 2.07 bits per heavy atom. The third kappa shape index (κ3) is 5.27. The van der Waals surface area contributed by atoms with Crippen molar-refractivity contribution in [1.82, 2.24) is 9.88 Å². The summed E-state index contributed by atoms with van der Waals surface area (Å²) in [6.07, 6.45) is 4.72. The van der Waals surface area contributed by atoms with Gasteiger partial charge in [-0.05, 0) is 26.0 Å². The van der Waals surface area contributed by atoms with Crippen LogP contribution >= 0.6 is 23.4 Å². The maximum absolute atomic E-state index is 6.73. The van der Waals surface area contributed by atoms with Crippen LogP contribution in [0.25, 0.3) is 10.9 Å². The minimum atomic E-state index is 0.0437. The summed E-state index contributed by atoms with van der Waals surface area (Å²) in [7, 11) is 0. The third-order valence-electron chi connectivity index (χ3n) is 4.79. The number of allylic oxidation sites excluding steroid dienone is 1. The minimum Gasteiger partial charge on any atom is -0.491 e. The Hall–Kier alpha value is -1.80. The molecule has 0 bridgehead atoms. The highest BCUT2D eigenvalue weighted by atomic mass is 35.5. The average molecular weight is 448 g/mol. The molecule has 0 atom stereocenters. The topological polar surface area (TPSA) is 56.2 Å². The zero-order valence-electron chi connectivity index (χ0n) is 17.3. The van der Waals surface area contributed by atoms with Crippen LogP contribution in [0.5, 0.6) is 11.5 Å². The van der Waals surface area contributed by atoms with Crippen molar-refractivity contribution in [3.05, 3.63) is 35.5 Å². The van der Waals surface area contributed by atoms with Crippen LogP contribution in [-0.2, 0) is 4.74 Å². The third-order valence-corrected chi connectivity index (χ3v) is 6.08. The lowest BCUT2D eigenvalue weighted by Crippen LogP contribution is -2.38. The number of rotatable bonds is 7. The number of halogens is 1. The maximum atomic E-state index is 6.73. The number of benzene rings is 1. The van der Waals surface area contributed by atoms with E-state index in [2.05, 4.69) is 9.89 Å². The van der Waals surface area contributed by atoms with Crippen LogP contribution in [-0.4, -0.2) is 60.5 Å².